The fraction of sp³-hybridized carbons (Fsp3) is 0. The summed E-state index contributed by atoms with van der Waals surface area (Å²) in [6.07, 6.45) is 0. The van der Waals surface area contributed by atoms with Crippen LogP contribution < -0.4 is 0 Å². The van der Waals surface area contributed by atoms with Crippen LogP contribution in [0.3, 0.4) is 0 Å². The predicted octanol–water partition coefficient (Wildman–Crippen LogP) is 10.2. The standard InChI is InChI=1S/C34H21NS/c1-2-9-26-21(6-1)13-17-31-34(26)29-19-24(14-16-30(29)35-31)22-7-5-8-23(18-22)25-12-15-28-27-10-3-4-11-32(27)36-33(28)20-25/h1-20,35H. The van der Waals surface area contributed by atoms with Crippen molar-refractivity contribution in [3.8, 4) is 22.3 Å². The van der Waals surface area contributed by atoms with Gasteiger partial charge >= 0.3 is 0 Å². The van der Waals surface area contributed by atoms with E-state index in [1.165, 1.54) is 75.0 Å². The van der Waals surface area contributed by atoms with Crippen molar-refractivity contribution in [2.24, 2.45) is 0 Å². The van der Waals surface area contributed by atoms with Crippen molar-refractivity contribution in [3.05, 3.63) is 121 Å². The fourth-order valence-electron chi connectivity index (χ4n) is 5.63. The van der Waals surface area contributed by atoms with Crippen LogP contribution in [-0.2, 0) is 0 Å². The number of hydrogen-bond acceptors (Lipinski definition) is 1. The normalized spacial score (nSPS) is 11.9. The molecule has 0 saturated carbocycles. The van der Waals surface area contributed by atoms with E-state index in [1.807, 2.05) is 11.3 Å². The van der Waals surface area contributed by atoms with E-state index in [4.69, 9.17) is 0 Å². The molecule has 0 aliphatic heterocycles. The highest BCUT2D eigenvalue weighted by Gasteiger charge is 2.11. The van der Waals surface area contributed by atoms with Crippen LogP contribution in [0.2, 0.25) is 0 Å². The average Bonchev–Trinajstić information content (AvgIpc) is 3.50. The molecule has 0 aliphatic carbocycles. The van der Waals surface area contributed by atoms with Crippen molar-refractivity contribution in [2.45, 2.75) is 0 Å². The van der Waals surface area contributed by atoms with Gasteiger partial charge in [0.2, 0.25) is 0 Å². The number of thiophene rings is 1. The molecular weight excluding hydrogens is 454 g/mol. The average molecular weight is 476 g/mol. The lowest BCUT2D eigenvalue weighted by Crippen LogP contribution is -1.82. The van der Waals surface area contributed by atoms with Gasteiger partial charge in [-0.3, -0.25) is 0 Å². The molecule has 0 spiro atoms. The van der Waals surface area contributed by atoms with Gasteiger partial charge in [0.1, 0.15) is 0 Å². The molecule has 2 heterocycles. The molecular formula is C34H21NS. The number of hydrogen-bond donors (Lipinski definition) is 1. The van der Waals surface area contributed by atoms with E-state index >= 15 is 0 Å². The lowest BCUT2D eigenvalue weighted by Gasteiger charge is -2.07. The van der Waals surface area contributed by atoms with Crippen LogP contribution in [0.1, 0.15) is 0 Å². The van der Waals surface area contributed by atoms with Crippen LogP contribution in [0.5, 0.6) is 0 Å². The van der Waals surface area contributed by atoms with E-state index in [2.05, 4.69) is 126 Å². The second-order valence-electron chi connectivity index (χ2n) is 9.48. The van der Waals surface area contributed by atoms with Crippen LogP contribution in [-0.4, -0.2) is 4.98 Å². The van der Waals surface area contributed by atoms with Crippen LogP contribution >= 0.6 is 11.3 Å². The summed E-state index contributed by atoms with van der Waals surface area (Å²) in [5, 5.41) is 7.83. The van der Waals surface area contributed by atoms with E-state index in [-0.39, 0.29) is 0 Å². The molecule has 1 N–H and O–H groups in total. The van der Waals surface area contributed by atoms with E-state index < -0.39 is 0 Å². The molecule has 0 unspecified atom stereocenters. The highest BCUT2D eigenvalue weighted by molar-refractivity contribution is 7.25. The highest BCUT2D eigenvalue weighted by Crippen LogP contribution is 2.38. The minimum absolute atomic E-state index is 1.18. The summed E-state index contributed by atoms with van der Waals surface area (Å²) in [4.78, 5) is 3.62. The van der Waals surface area contributed by atoms with E-state index in [1.54, 1.807) is 0 Å². The topological polar surface area (TPSA) is 15.8 Å². The first kappa shape index (κ1) is 19.9. The van der Waals surface area contributed by atoms with Gasteiger partial charge < -0.3 is 4.98 Å². The van der Waals surface area contributed by atoms with E-state index in [9.17, 15) is 0 Å². The maximum absolute atomic E-state index is 3.62. The van der Waals surface area contributed by atoms with Crippen molar-refractivity contribution in [2.75, 3.05) is 0 Å². The molecule has 0 bridgehead atoms. The number of H-pyrrole nitrogens is 1. The monoisotopic (exact) mass is 475 g/mol. The van der Waals surface area contributed by atoms with Gasteiger partial charge in [-0.1, -0.05) is 84.9 Å². The summed E-state index contributed by atoms with van der Waals surface area (Å²) in [5.41, 5.74) is 7.34. The molecule has 2 aromatic heterocycles. The Bertz CT molecular complexity index is 2110. The summed E-state index contributed by atoms with van der Waals surface area (Å²) in [6.45, 7) is 0. The van der Waals surface area contributed by atoms with Crippen molar-refractivity contribution >= 4 is 64.1 Å². The largest absolute Gasteiger partial charge is 0.354 e. The fourth-order valence-corrected chi connectivity index (χ4v) is 6.78. The Morgan fingerprint density at radius 3 is 2.03 bits per heavy atom. The summed E-state index contributed by atoms with van der Waals surface area (Å²) in [7, 11) is 0. The molecule has 8 aromatic rings. The minimum Gasteiger partial charge on any atom is -0.354 e. The van der Waals surface area contributed by atoms with Crippen molar-refractivity contribution in [1.82, 2.24) is 4.98 Å². The third-order valence-electron chi connectivity index (χ3n) is 7.40. The Morgan fingerprint density at radius 1 is 0.417 bits per heavy atom. The number of fused-ring (bicyclic) bond motifs is 8. The smallest absolute Gasteiger partial charge is 0.0471 e. The molecule has 0 aliphatic rings. The highest BCUT2D eigenvalue weighted by atomic mass is 32.1. The third kappa shape index (κ3) is 2.95. The zero-order valence-electron chi connectivity index (χ0n) is 19.5. The van der Waals surface area contributed by atoms with Gasteiger partial charge in [0.15, 0.2) is 0 Å². The van der Waals surface area contributed by atoms with Crippen LogP contribution in [0.15, 0.2) is 121 Å². The van der Waals surface area contributed by atoms with Crippen molar-refractivity contribution in [3.63, 3.8) is 0 Å². The Kier molecular flexibility index (Phi) is 4.16. The van der Waals surface area contributed by atoms with Gasteiger partial charge in [0.05, 0.1) is 0 Å². The molecule has 0 amide bonds. The number of benzene rings is 6. The second kappa shape index (κ2) is 7.55. The first-order valence-electron chi connectivity index (χ1n) is 12.3. The number of aromatic nitrogens is 1. The van der Waals surface area contributed by atoms with Gasteiger partial charge in [0, 0.05) is 42.0 Å². The van der Waals surface area contributed by atoms with Gasteiger partial charge in [0.25, 0.3) is 0 Å². The molecule has 6 aromatic carbocycles. The molecule has 1 nitrogen and oxygen atoms in total. The van der Waals surface area contributed by atoms with Crippen LogP contribution in [0.4, 0.5) is 0 Å². The molecule has 168 valence electrons. The summed E-state index contributed by atoms with van der Waals surface area (Å²) >= 11 is 1.87. The Labute approximate surface area is 212 Å². The first-order chi connectivity index (χ1) is 17.8. The second-order valence-corrected chi connectivity index (χ2v) is 10.6. The van der Waals surface area contributed by atoms with E-state index in [0.29, 0.717) is 0 Å². The molecule has 0 saturated heterocycles. The summed E-state index contributed by atoms with van der Waals surface area (Å²) in [5.74, 6) is 0. The predicted molar refractivity (Wildman–Crippen MR) is 157 cm³/mol. The minimum atomic E-state index is 1.18. The Balaban J connectivity index is 1.28. The maximum atomic E-state index is 3.62. The maximum Gasteiger partial charge on any atom is 0.0471 e. The Hall–Kier alpha value is -4.40. The van der Waals surface area contributed by atoms with Gasteiger partial charge in [-0.25, -0.2) is 0 Å². The van der Waals surface area contributed by atoms with Crippen LogP contribution in [0, 0.1) is 0 Å². The summed E-state index contributed by atoms with van der Waals surface area (Å²) < 4.78 is 2.68. The van der Waals surface area contributed by atoms with Gasteiger partial charge in [-0.15, -0.1) is 11.3 Å². The number of nitrogens with one attached hydrogen (secondary N) is 1. The molecule has 2 heteroatoms. The SMILES string of the molecule is c1cc(-c2ccc3c(c2)sc2ccccc23)cc(-c2ccc3[nH]c4ccc5ccccc5c4c3c2)c1. The van der Waals surface area contributed by atoms with Gasteiger partial charge in [-0.2, -0.15) is 0 Å². The zero-order chi connectivity index (χ0) is 23.6. The summed E-state index contributed by atoms with van der Waals surface area (Å²) in [6, 6.07) is 44.3. The quantitative estimate of drug-likeness (QED) is 0.256. The molecule has 0 atom stereocenters. The number of aromatic amines is 1. The lowest BCUT2D eigenvalue weighted by molar-refractivity contribution is 1.55. The van der Waals surface area contributed by atoms with Crippen molar-refractivity contribution < 1.29 is 0 Å². The third-order valence-corrected chi connectivity index (χ3v) is 8.53. The first-order valence-corrected chi connectivity index (χ1v) is 13.1. The molecule has 0 radical (unpaired) electrons. The van der Waals surface area contributed by atoms with E-state index in [0.717, 1.165) is 0 Å². The molecule has 0 fully saturated rings. The zero-order valence-corrected chi connectivity index (χ0v) is 20.3. The van der Waals surface area contributed by atoms with Crippen molar-refractivity contribution in [1.29, 1.82) is 0 Å². The number of rotatable bonds is 2. The Morgan fingerprint density at radius 2 is 1.11 bits per heavy atom. The molecule has 8 rings (SSSR count). The molecule has 36 heavy (non-hydrogen) atoms. The van der Waals surface area contributed by atoms with Gasteiger partial charge in [-0.05, 0) is 69.4 Å². The van der Waals surface area contributed by atoms with Crippen LogP contribution in [0.25, 0.3) is 75.0 Å². The lowest BCUT2D eigenvalue weighted by atomic mass is 9.97.